The average molecular weight is 732 g/mol. The molecule has 0 saturated carbocycles. The molecule has 2 nitrogen and oxygen atoms in total. The van der Waals surface area contributed by atoms with Gasteiger partial charge in [-0.25, -0.2) is 0 Å². The lowest BCUT2D eigenvalue weighted by Gasteiger charge is -2.32. The first-order chi connectivity index (χ1) is 27.3. The van der Waals surface area contributed by atoms with E-state index in [4.69, 9.17) is 4.74 Å². The Morgan fingerprint density at radius 1 is 0.839 bits per heavy atom. The molecule has 280 valence electrons. The number of rotatable bonds is 9. The van der Waals surface area contributed by atoms with Crippen LogP contribution in [0.15, 0.2) is 207 Å². The Hall–Kier alpha value is -6.12. The Bertz CT molecular complexity index is 2320. The molecule has 1 heterocycles. The van der Waals surface area contributed by atoms with Crippen molar-refractivity contribution in [2.45, 2.75) is 63.3 Å². The summed E-state index contributed by atoms with van der Waals surface area (Å²) in [5.74, 6) is 1.69. The van der Waals surface area contributed by atoms with Gasteiger partial charge in [-0.15, -0.1) is 0 Å². The number of fused-ring (bicyclic) bond motifs is 5. The fourth-order valence-corrected chi connectivity index (χ4v) is 8.77. The van der Waals surface area contributed by atoms with Crippen molar-refractivity contribution in [3.05, 3.63) is 235 Å². The molecule has 0 amide bonds. The summed E-state index contributed by atoms with van der Waals surface area (Å²) in [7, 11) is 0. The number of benzene rings is 4. The van der Waals surface area contributed by atoms with Crippen molar-refractivity contribution in [1.29, 1.82) is 0 Å². The summed E-state index contributed by atoms with van der Waals surface area (Å²) in [4.78, 5) is 0. The van der Waals surface area contributed by atoms with Crippen LogP contribution in [-0.4, -0.2) is 6.04 Å². The normalized spacial score (nSPS) is 20.3. The minimum absolute atomic E-state index is 0.0766. The van der Waals surface area contributed by atoms with E-state index in [-0.39, 0.29) is 5.41 Å². The van der Waals surface area contributed by atoms with E-state index in [0.717, 1.165) is 41.2 Å². The molecule has 0 radical (unpaired) electrons. The standard InChI is InChI=1S/C38H35NO.C16H18/c1-3-15-29(39-30-17-5-4-6-18-30)19-14-27-38(34-23-10-7-21-32(34)33-22-8-11-24-35(33)38)37-26-13-16-28(2)31-20-9-12-25-36(31)40-37;1-5-9-12-13-10-7-8-11-15(13)16(3,4)14(12)6-2/h3,5,7-17,20-27,30,39H,1-2,4,6,18-19H2;5-11H,2H2,1,3-4H3/b16-13-,27-14?,29-15+,37-26-;9-5-. The highest BCUT2D eigenvalue weighted by Gasteiger charge is 2.46. The highest BCUT2D eigenvalue weighted by molar-refractivity contribution is 5.88. The van der Waals surface area contributed by atoms with Crippen LogP contribution in [0.2, 0.25) is 0 Å². The number of hydrogen-bond acceptors (Lipinski definition) is 2. The van der Waals surface area contributed by atoms with Crippen LogP contribution in [0.5, 0.6) is 5.75 Å². The monoisotopic (exact) mass is 731 g/mol. The highest BCUT2D eigenvalue weighted by Crippen LogP contribution is 2.54. The zero-order valence-corrected chi connectivity index (χ0v) is 33.1. The van der Waals surface area contributed by atoms with Gasteiger partial charge in [0.1, 0.15) is 11.5 Å². The Balaban J connectivity index is 0.000000251. The van der Waals surface area contributed by atoms with Crippen LogP contribution in [0.25, 0.3) is 22.3 Å². The zero-order valence-electron chi connectivity index (χ0n) is 33.1. The molecule has 8 rings (SSSR count). The lowest BCUT2D eigenvalue weighted by molar-refractivity contribution is 0.368. The van der Waals surface area contributed by atoms with E-state index in [2.05, 4.69) is 185 Å². The molecule has 1 N–H and O–H groups in total. The lowest BCUT2D eigenvalue weighted by Crippen LogP contribution is -2.29. The third kappa shape index (κ3) is 7.20. The molecule has 1 unspecified atom stereocenters. The minimum atomic E-state index is -0.590. The van der Waals surface area contributed by atoms with Crippen LogP contribution in [0.4, 0.5) is 0 Å². The fraction of sp³-hybridized carbons (Fsp3) is 0.185. The van der Waals surface area contributed by atoms with Crippen LogP contribution >= 0.6 is 0 Å². The summed E-state index contributed by atoms with van der Waals surface area (Å²) in [5, 5.41) is 3.73. The smallest absolute Gasteiger partial charge is 0.134 e. The number of nitrogens with one attached hydrogen (secondary N) is 1. The number of allylic oxidation sites excluding steroid dienone is 14. The van der Waals surface area contributed by atoms with Crippen LogP contribution in [0.1, 0.15) is 74.3 Å². The second kappa shape index (κ2) is 16.7. The lowest BCUT2D eigenvalue weighted by atomic mass is 9.75. The average Bonchev–Trinajstić information content (AvgIpc) is 3.62. The van der Waals surface area contributed by atoms with Gasteiger partial charge >= 0.3 is 0 Å². The summed E-state index contributed by atoms with van der Waals surface area (Å²) in [6.07, 6.45) is 30.0. The molecule has 0 aromatic heterocycles. The molecule has 1 atom stereocenters. The van der Waals surface area contributed by atoms with Gasteiger partial charge in [0.15, 0.2) is 0 Å². The largest absolute Gasteiger partial charge is 0.459 e. The predicted octanol–water partition coefficient (Wildman–Crippen LogP) is 13.7. The highest BCUT2D eigenvalue weighted by atomic mass is 16.5. The van der Waals surface area contributed by atoms with Gasteiger partial charge in [-0.2, -0.15) is 0 Å². The van der Waals surface area contributed by atoms with Crippen molar-refractivity contribution >= 4 is 11.1 Å². The Morgan fingerprint density at radius 3 is 2.12 bits per heavy atom. The quantitative estimate of drug-likeness (QED) is 0.137. The molecule has 0 spiro atoms. The van der Waals surface area contributed by atoms with Gasteiger partial charge in [-0.1, -0.05) is 185 Å². The summed E-state index contributed by atoms with van der Waals surface area (Å²) >= 11 is 0. The SMILES string of the molecule is C=C/C=C(\CC=CC1(/C2=C/C=C\C(=C)c3ccccc3O2)c2ccccc2-c2ccccc21)NC1C=CCCC1.C=CC1=C(/C=C\C)c2ccccc2C1(C)C. The molecular weight excluding hydrogens is 679 g/mol. The Labute approximate surface area is 334 Å². The molecule has 56 heavy (non-hydrogen) atoms. The maximum absolute atomic E-state index is 6.88. The van der Waals surface area contributed by atoms with Gasteiger partial charge in [0, 0.05) is 29.1 Å². The van der Waals surface area contributed by atoms with Crippen LogP contribution < -0.4 is 10.1 Å². The van der Waals surface area contributed by atoms with Crippen LogP contribution in [0, 0.1) is 0 Å². The maximum Gasteiger partial charge on any atom is 0.134 e. The molecule has 1 aliphatic heterocycles. The molecular formula is C54H53NO. The van der Waals surface area contributed by atoms with Crippen molar-refractivity contribution in [3.8, 4) is 16.9 Å². The second-order valence-electron chi connectivity index (χ2n) is 15.3. The molecule has 4 aliphatic rings. The van der Waals surface area contributed by atoms with E-state index in [1.165, 1.54) is 57.4 Å². The van der Waals surface area contributed by atoms with Gasteiger partial charge in [0.05, 0.1) is 5.41 Å². The maximum atomic E-state index is 6.88. The third-order valence-electron chi connectivity index (χ3n) is 11.4. The first kappa shape index (κ1) is 38.2. The minimum Gasteiger partial charge on any atom is -0.459 e. The zero-order chi connectivity index (χ0) is 39.1. The van der Waals surface area contributed by atoms with Crippen molar-refractivity contribution in [3.63, 3.8) is 0 Å². The number of hydrogen-bond donors (Lipinski definition) is 1. The van der Waals surface area contributed by atoms with E-state index < -0.39 is 5.41 Å². The molecule has 4 aromatic carbocycles. The van der Waals surface area contributed by atoms with E-state index in [0.29, 0.717) is 6.04 Å². The molecule has 0 saturated heterocycles. The first-order valence-corrected chi connectivity index (χ1v) is 19.9. The fourth-order valence-electron chi connectivity index (χ4n) is 8.77. The first-order valence-electron chi connectivity index (χ1n) is 19.9. The van der Waals surface area contributed by atoms with Gasteiger partial charge in [-0.05, 0) is 94.5 Å². The van der Waals surface area contributed by atoms with Crippen molar-refractivity contribution in [2.24, 2.45) is 0 Å². The topological polar surface area (TPSA) is 21.3 Å². The van der Waals surface area contributed by atoms with Crippen LogP contribution in [0.3, 0.4) is 0 Å². The summed E-state index contributed by atoms with van der Waals surface area (Å²) in [6.45, 7) is 18.8. The van der Waals surface area contributed by atoms with Crippen molar-refractivity contribution in [1.82, 2.24) is 5.32 Å². The van der Waals surface area contributed by atoms with Gasteiger partial charge in [0.2, 0.25) is 0 Å². The molecule has 4 aromatic rings. The second-order valence-corrected chi connectivity index (χ2v) is 15.3. The summed E-state index contributed by atoms with van der Waals surface area (Å²) < 4.78 is 6.88. The van der Waals surface area contributed by atoms with E-state index in [1.54, 1.807) is 0 Å². The molecule has 0 fully saturated rings. The van der Waals surface area contributed by atoms with E-state index in [1.807, 2.05) is 30.4 Å². The summed E-state index contributed by atoms with van der Waals surface area (Å²) in [6, 6.07) is 34.6. The third-order valence-corrected chi connectivity index (χ3v) is 11.4. The van der Waals surface area contributed by atoms with Gasteiger partial charge < -0.3 is 10.1 Å². The molecule has 2 heteroatoms. The number of para-hydroxylation sites is 1. The van der Waals surface area contributed by atoms with Crippen molar-refractivity contribution < 1.29 is 4.74 Å². The predicted molar refractivity (Wildman–Crippen MR) is 239 cm³/mol. The van der Waals surface area contributed by atoms with E-state index >= 15 is 0 Å². The van der Waals surface area contributed by atoms with E-state index in [9.17, 15) is 0 Å². The molecule has 3 aliphatic carbocycles. The van der Waals surface area contributed by atoms with Crippen LogP contribution in [-0.2, 0) is 10.8 Å². The molecule has 0 bridgehead atoms. The summed E-state index contributed by atoms with van der Waals surface area (Å²) in [5.41, 5.74) is 12.9. The Kier molecular flexibility index (Phi) is 11.4. The van der Waals surface area contributed by atoms with Crippen molar-refractivity contribution in [2.75, 3.05) is 0 Å². The Morgan fingerprint density at radius 2 is 1.48 bits per heavy atom. The number of ether oxygens (including phenoxy) is 1. The van der Waals surface area contributed by atoms with Gasteiger partial charge in [-0.3, -0.25) is 0 Å². The van der Waals surface area contributed by atoms with Gasteiger partial charge in [0.25, 0.3) is 0 Å².